The van der Waals surface area contributed by atoms with Crippen LogP contribution in [0.25, 0.3) is 0 Å². The van der Waals surface area contributed by atoms with E-state index >= 15 is 0 Å². The Balaban J connectivity index is 2.17. The van der Waals surface area contributed by atoms with Crippen LogP contribution in [0.2, 0.25) is 0 Å². The van der Waals surface area contributed by atoms with Crippen molar-refractivity contribution >= 4 is 17.1 Å². The van der Waals surface area contributed by atoms with Crippen LogP contribution in [0.4, 0.5) is 17.1 Å². The van der Waals surface area contributed by atoms with Crippen LogP contribution in [0.1, 0.15) is 36.5 Å². The predicted octanol–water partition coefficient (Wildman–Crippen LogP) is 6.90. The third-order valence-corrected chi connectivity index (χ3v) is 4.44. The summed E-state index contributed by atoms with van der Waals surface area (Å²) in [6, 6.07) is 25.7. The number of para-hydroxylation sites is 2. The van der Waals surface area contributed by atoms with Crippen LogP contribution in [0.5, 0.6) is 0 Å². The highest BCUT2D eigenvalue weighted by molar-refractivity contribution is 5.77. The van der Waals surface area contributed by atoms with Gasteiger partial charge in [0.25, 0.3) is 0 Å². The van der Waals surface area contributed by atoms with E-state index < -0.39 is 0 Å². The van der Waals surface area contributed by atoms with Crippen LogP contribution in [-0.4, -0.2) is 0 Å². The Bertz CT molecular complexity index is 741. The molecule has 0 fully saturated rings. The van der Waals surface area contributed by atoms with Crippen LogP contribution < -0.4 is 4.90 Å². The fourth-order valence-corrected chi connectivity index (χ4v) is 3.59. The Hall–Kier alpha value is -2.54. The molecule has 1 nitrogen and oxygen atoms in total. The second-order valence-corrected chi connectivity index (χ2v) is 6.65. The zero-order chi connectivity index (χ0) is 17.1. The van der Waals surface area contributed by atoms with Crippen molar-refractivity contribution in [1.82, 2.24) is 0 Å². The number of benzene rings is 3. The van der Waals surface area contributed by atoms with E-state index in [1.807, 2.05) is 0 Å². The van der Waals surface area contributed by atoms with Gasteiger partial charge in [-0.05, 0) is 72.9 Å². The molecule has 0 N–H and O–H groups in total. The van der Waals surface area contributed by atoms with Gasteiger partial charge in [0.15, 0.2) is 0 Å². The molecule has 0 aliphatic heterocycles. The lowest BCUT2D eigenvalue weighted by Gasteiger charge is -2.27. The van der Waals surface area contributed by atoms with Gasteiger partial charge in [-0.15, -0.1) is 0 Å². The fraction of sp³-hybridized carbons (Fsp3) is 0.217. The predicted molar refractivity (Wildman–Crippen MR) is 105 cm³/mol. The summed E-state index contributed by atoms with van der Waals surface area (Å²) >= 11 is 0. The molecule has 3 aromatic carbocycles. The van der Waals surface area contributed by atoms with E-state index in [0.717, 1.165) is 0 Å². The van der Waals surface area contributed by atoms with Gasteiger partial charge in [-0.1, -0.05) is 50.2 Å². The summed E-state index contributed by atoms with van der Waals surface area (Å²) in [6.07, 6.45) is 0. The van der Waals surface area contributed by atoms with E-state index in [0.29, 0.717) is 5.92 Å². The lowest BCUT2D eigenvalue weighted by Crippen LogP contribution is -2.11. The van der Waals surface area contributed by atoms with Crippen LogP contribution in [0.15, 0.2) is 72.8 Å². The lowest BCUT2D eigenvalue weighted by molar-refractivity contribution is 0.846. The molecule has 0 aromatic heterocycles. The van der Waals surface area contributed by atoms with Gasteiger partial charge in [0.2, 0.25) is 0 Å². The molecule has 0 heterocycles. The molecule has 0 saturated heterocycles. The van der Waals surface area contributed by atoms with Crippen molar-refractivity contribution in [3.63, 3.8) is 0 Å². The third-order valence-electron chi connectivity index (χ3n) is 4.44. The van der Waals surface area contributed by atoms with E-state index in [1.54, 1.807) is 0 Å². The summed E-state index contributed by atoms with van der Waals surface area (Å²) in [4.78, 5) is 2.32. The monoisotopic (exact) mass is 315 g/mol. The average Bonchev–Trinajstić information content (AvgIpc) is 2.56. The van der Waals surface area contributed by atoms with Crippen molar-refractivity contribution in [3.8, 4) is 0 Å². The van der Waals surface area contributed by atoms with Crippen molar-refractivity contribution in [2.75, 3.05) is 4.90 Å². The molecule has 0 bridgehead atoms. The molecule has 0 atom stereocenters. The summed E-state index contributed by atoms with van der Waals surface area (Å²) in [7, 11) is 0. The zero-order valence-electron chi connectivity index (χ0n) is 15.0. The van der Waals surface area contributed by atoms with Crippen LogP contribution >= 0.6 is 0 Å². The highest BCUT2D eigenvalue weighted by atomic mass is 15.1. The number of aryl methyl sites for hydroxylation is 2. The molecule has 1 heteroatoms. The van der Waals surface area contributed by atoms with E-state index in [1.165, 1.54) is 33.8 Å². The van der Waals surface area contributed by atoms with Gasteiger partial charge < -0.3 is 4.90 Å². The normalized spacial score (nSPS) is 10.9. The molecule has 122 valence electrons. The van der Waals surface area contributed by atoms with Crippen LogP contribution in [0, 0.1) is 13.8 Å². The second kappa shape index (κ2) is 6.92. The number of rotatable bonds is 4. The first kappa shape index (κ1) is 16.3. The SMILES string of the molecule is Cc1cc(N(c2ccccc2)c2ccccc2)cc(C)c1C(C)C. The largest absolute Gasteiger partial charge is 0.310 e. The van der Waals surface area contributed by atoms with Gasteiger partial charge >= 0.3 is 0 Å². The summed E-state index contributed by atoms with van der Waals surface area (Å²) in [6.45, 7) is 8.97. The molecular weight excluding hydrogens is 290 g/mol. The highest BCUT2D eigenvalue weighted by Gasteiger charge is 2.15. The number of anilines is 3. The van der Waals surface area contributed by atoms with E-state index in [9.17, 15) is 0 Å². The highest BCUT2D eigenvalue weighted by Crippen LogP contribution is 2.37. The van der Waals surface area contributed by atoms with Gasteiger partial charge in [-0.3, -0.25) is 0 Å². The van der Waals surface area contributed by atoms with Crippen LogP contribution in [0.3, 0.4) is 0 Å². The molecule has 0 spiro atoms. The van der Waals surface area contributed by atoms with E-state index in [-0.39, 0.29) is 0 Å². The molecule has 0 radical (unpaired) electrons. The standard InChI is InChI=1S/C23H25N/c1-17(2)23-18(3)15-22(16-19(23)4)24(20-11-7-5-8-12-20)21-13-9-6-10-14-21/h5-17H,1-4H3. The first-order valence-electron chi connectivity index (χ1n) is 8.59. The first-order chi connectivity index (χ1) is 11.6. The van der Waals surface area contributed by atoms with Crippen molar-refractivity contribution in [2.24, 2.45) is 0 Å². The lowest BCUT2D eigenvalue weighted by atomic mass is 9.92. The molecule has 0 aliphatic rings. The second-order valence-electron chi connectivity index (χ2n) is 6.65. The number of hydrogen-bond acceptors (Lipinski definition) is 1. The summed E-state index contributed by atoms with van der Waals surface area (Å²) in [5.74, 6) is 0.543. The van der Waals surface area contributed by atoms with Crippen molar-refractivity contribution in [2.45, 2.75) is 33.6 Å². The number of nitrogens with zero attached hydrogens (tertiary/aromatic N) is 1. The maximum Gasteiger partial charge on any atom is 0.0467 e. The number of hydrogen-bond donors (Lipinski definition) is 0. The minimum Gasteiger partial charge on any atom is -0.310 e. The third kappa shape index (κ3) is 3.21. The molecule has 0 saturated carbocycles. The summed E-state index contributed by atoms with van der Waals surface area (Å²) in [5.41, 5.74) is 7.75. The summed E-state index contributed by atoms with van der Waals surface area (Å²) < 4.78 is 0. The molecule has 3 rings (SSSR count). The topological polar surface area (TPSA) is 3.24 Å². The molecular formula is C23H25N. The van der Waals surface area contributed by atoms with Crippen molar-refractivity contribution in [1.29, 1.82) is 0 Å². The Kier molecular flexibility index (Phi) is 4.71. The molecule has 24 heavy (non-hydrogen) atoms. The Morgan fingerprint density at radius 3 is 1.42 bits per heavy atom. The van der Waals surface area contributed by atoms with Crippen molar-refractivity contribution in [3.05, 3.63) is 89.5 Å². The zero-order valence-corrected chi connectivity index (χ0v) is 15.0. The fourth-order valence-electron chi connectivity index (χ4n) is 3.59. The van der Waals surface area contributed by atoms with Gasteiger partial charge in [0.1, 0.15) is 0 Å². The smallest absolute Gasteiger partial charge is 0.0467 e. The maximum absolute atomic E-state index is 2.32. The minimum absolute atomic E-state index is 0.543. The van der Waals surface area contributed by atoms with E-state index in [2.05, 4.69) is 105 Å². The summed E-state index contributed by atoms with van der Waals surface area (Å²) in [5, 5.41) is 0. The Morgan fingerprint density at radius 2 is 1.04 bits per heavy atom. The molecule has 0 aliphatic carbocycles. The van der Waals surface area contributed by atoms with Gasteiger partial charge in [0, 0.05) is 17.1 Å². The van der Waals surface area contributed by atoms with Crippen molar-refractivity contribution < 1.29 is 0 Å². The molecule has 3 aromatic rings. The molecule has 0 amide bonds. The Morgan fingerprint density at radius 1 is 0.625 bits per heavy atom. The van der Waals surface area contributed by atoms with Crippen LogP contribution in [-0.2, 0) is 0 Å². The van der Waals surface area contributed by atoms with E-state index in [4.69, 9.17) is 0 Å². The molecule has 0 unspecified atom stereocenters. The van der Waals surface area contributed by atoms with Gasteiger partial charge in [-0.2, -0.15) is 0 Å². The van der Waals surface area contributed by atoms with Gasteiger partial charge in [0.05, 0.1) is 0 Å². The minimum atomic E-state index is 0.543. The van der Waals surface area contributed by atoms with Gasteiger partial charge in [-0.25, -0.2) is 0 Å². The average molecular weight is 315 g/mol. The first-order valence-corrected chi connectivity index (χ1v) is 8.59. The Labute approximate surface area is 145 Å². The quantitative estimate of drug-likeness (QED) is 0.506. The maximum atomic E-state index is 2.32.